The van der Waals surface area contributed by atoms with Gasteiger partial charge in [0.2, 0.25) is 5.91 Å². The van der Waals surface area contributed by atoms with E-state index < -0.39 is 9.84 Å². The van der Waals surface area contributed by atoms with Crippen LogP contribution in [-0.2, 0) is 21.2 Å². The SMILES string of the molecule is O=C(CSC1CCS(=O)(=O)C1)NCc1nn[nH]n1. The average molecular weight is 291 g/mol. The van der Waals surface area contributed by atoms with E-state index in [-0.39, 0.29) is 35.0 Å². The lowest BCUT2D eigenvalue weighted by Crippen LogP contribution is -2.26. The van der Waals surface area contributed by atoms with Crippen LogP contribution < -0.4 is 5.32 Å². The zero-order chi connectivity index (χ0) is 13.0. The summed E-state index contributed by atoms with van der Waals surface area (Å²) in [7, 11) is -2.88. The first-order valence-electron chi connectivity index (χ1n) is 5.36. The Kier molecular flexibility index (Phi) is 4.17. The fraction of sp³-hybridized carbons (Fsp3) is 0.750. The molecule has 100 valence electrons. The number of H-pyrrole nitrogens is 1. The van der Waals surface area contributed by atoms with Crippen LogP contribution in [0.25, 0.3) is 0 Å². The van der Waals surface area contributed by atoms with Gasteiger partial charge in [0.1, 0.15) is 0 Å². The Balaban J connectivity index is 1.66. The van der Waals surface area contributed by atoms with Gasteiger partial charge in [-0.1, -0.05) is 5.21 Å². The van der Waals surface area contributed by atoms with Gasteiger partial charge in [0.15, 0.2) is 15.7 Å². The Labute approximate surface area is 108 Å². The lowest BCUT2D eigenvalue weighted by atomic mass is 10.4. The molecule has 1 saturated heterocycles. The summed E-state index contributed by atoms with van der Waals surface area (Å²) in [5.74, 6) is 0.911. The molecular weight excluding hydrogens is 278 g/mol. The average Bonchev–Trinajstić information content (AvgIpc) is 2.93. The van der Waals surface area contributed by atoms with Crippen molar-refractivity contribution in [1.29, 1.82) is 0 Å². The van der Waals surface area contributed by atoms with Crippen LogP contribution in [0, 0.1) is 0 Å². The molecule has 0 radical (unpaired) electrons. The number of hydrogen-bond donors (Lipinski definition) is 2. The van der Waals surface area contributed by atoms with Crippen molar-refractivity contribution in [3.63, 3.8) is 0 Å². The van der Waals surface area contributed by atoms with Crippen molar-refractivity contribution in [1.82, 2.24) is 25.9 Å². The van der Waals surface area contributed by atoms with Crippen LogP contribution in [-0.4, -0.2) is 57.5 Å². The van der Waals surface area contributed by atoms with Crippen molar-refractivity contribution in [2.75, 3.05) is 17.3 Å². The van der Waals surface area contributed by atoms with Crippen LogP contribution in [0.5, 0.6) is 0 Å². The molecular formula is C8H13N5O3S2. The maximum Gasteiger partial charge on any atom is 0.230 e. The van der Waals surface area contributed by atoms with E-state index in [1.54, 1.807) is 0 Å². The molecule has 8 nitrogen and oxygen atoms in total. The minimum atomic E-state index is -2.88. The number of sulfone groups is 1. The van der Waals surface area contributed by atoms with E-state index in [1.807, 2.05) is 0 Å². The number of thioether (sulfide) groups is 1. The van der Waals surface area contributed by atoms with Crippen molar-refractivity contribution in [3.8, 4) is 0 Å². The molecule has 0 aromatic carbocycles. The van der Waals surface area contributed by atoms with Crippen LogP contribution >= 0.6 is 11.8 Å². The van der Waals surface area contributed by atoms with Gasteiger partial charge in [-0.3, -0.25) is 4.79 Å². The van der Waals surface area contributed by atoms with Crippen LogP contribution in [0.1, 0.15) is 12.2 Å². The normalized spacial score (nSPS) is 21.9. The molecule has 0 aliphatic carbocycles. The maximum atomic E-state index is 11.5. The summed E-state index contributed by atoms with van der Waals surface area (Å²) in [6.45, 7) is 0.221. The number of aromatic amines is 1. The summed E-state index contributed by atoms with van der Waals surface area (Å²) >= 11 is 1.38. The molecule has 2 N–H and O–H groups in total. The van der Waals surface area contributed by atoms with E-state index in [9.17, 15) is 13.2 Å². The minimum absolute atomic E-state index is 0.0333. The van der Waals surface area contributed by atoms with Gasteiger partial charge in [0.05, 0.1) is 23.8 Å². The zero-order valence-electron chi connectivity index (χ0n) is 9.50. The van der Waals surface area contributed by atoms with Gasteiger partial charge in [-0.25, -0.2) is 8.42 Å². The Morgan fingerprint density at radius 3 is 3.00 bits per heavy atom. The Morgan fingerprint density at radius 2 is 2.39 bits per heavy atom. The van der Waals surface area contributed by atoms with Crippen molar-refractivity contribution in [2.24, 2.45) is 0 Å². The van der Waals surface area contributed by atoms with Gasteiger partial charge < -0.3 is 5.32 Å². The third-order valence-corrected chi connectivity index (χ3v) is 5.76. The molecule has 1 unspecified atom stereocenters. The second-order valence-electron chi connectivity index (χ2n) is 3.94. The van der Waals surface area contributed by atoms with Crippen molar-refractivity contribution in [2.45, 2.75) is 18.2 Å². The molecule has 10 heteroatoms. The predicted molar refractivity (Wildman–Crippen MR) is 65.5 cm³/mol. The Bertz CT molecular complexity index is 501. The summed E-state index contributed by atoms with van der Waals surface area (Å²) in [6, 6.07) is 0. The Hall–Kier alpha value is -1.16. The Morgan fingerprint density at radius 1 is 1.56 bits per heavy atom. The number of rotatable bonds is 5. The molecule has 1 aliphatic heterocycles. The predicted octanol–water partition coefficient (Wildman–Crippen LogP) is -1.26. The highest BCUT2D eigenvalue weighted by Crippen LogP contribution is 2.23. The number of carbonyl (C=O) groups is 1. The lowest BCUT2D eigenvalue weighted by molar-refractivity contribution is -0.118. The molecule has 0 spiro atoms. The first-order valence-corrected chi connectivity index (χ1v) is 8.23. The number of carbonyl (C=O) groups excluding carboxylic acids is 1. The van der Waals surface area contributed by atoms with E-state index >= 15 is 0 Å². The summed E-state index contributed by atoms with van der Waals surface area (Å²) in [4.78, 5) is 11.5. The van der Waals surface area contributed by atoms with Crippen LogP contribution in [0.4, 0.5) is 0 Å². The van der Waals surface area contributed by atoms with Gasteiger partial charge in [0, 0.05) is 5.25 Å². The van der Waals surface area contributed by atoms with Gasteiger partial charge in [-0.2, -0.15) is 5.21 Å². The van der Waals surface area contributed by atoms with Crippen LogP contribution in [0.3, 0.4) is 0 Å². The number of nitrogens with one attached hydrogen (secondary N) is 2. The number of aromatic nitrogens is 4. The van der Waals surface area contributed by atoms with E-state index in [4.69, 9.17) is 0 Å². The first-order chi connectivity index (χ1) is 8.55. The standard InChI is InChI=1S/C8H13N5O3S2/c14-8(9-3-7-10-12-13-11-7)4-17-6-1-2-18(15,16)5-6/h6H,1-5H2,(H,9,14)(H,10,11,12,13). The monoisotopic (exact) mass is 291 g/mol. The second-order valence-corrected chi connectivity index (χ2v) is 7.46. The van der Waals surface area contributed by atoms with Gasteiger partial charge in [-0.05, 0) is 6.42 Å². The fourth-order valence-electron chi connectivity index (χ4n) is 1.57. The molecule has 1 atom stereocenters. The quantitative estimate of drug-likeness (QED) is 0.695. The van der Waals surface area contributed by atoms with Gasteiger partial charge in [-0.15, -0.1) is 22.0 Å². The van der Waals surface area contributed by atoms with E-state index in [1.165, 1.54) is 11.8 Å². The van der Waals surface area contributed by atoms with Crippen LogP contribution in [0.2, 0.25) is 0 Å². The number of nitrogens with zero attached hydrogens (tertiary/aromatic N) is 3. The highest BCUT2D eigenvalue weighted by molar-refractivity contribution is 8.02. The number of tetrazole rings is 1. The molecule has 2 heterocycles. The highest BCUT2D eigenvalue weighted by Gasteiger charge is 2.28. The molecule has 1 aromatic heterocycles. The summed E-state index contributed by atoms with van der Waals surface area (Å²) in [5, 5.41) is 15.7. The molecule has 0 bridgehead atoms. The highest BCUT2D eigenvalue weighted by atomic mass is 32.2. The smallest absolute Gasteiger partial charge is 0.230 e. The van der Waals surface area contributed by atoms with E-state index in [0.29, 0.717) is 12.2 Å². The van der Waals surface area contributed by atoms with E-state index in [0.717, 1.165) is 0 Å². The van der Waals surface area contributed by atoms with Crippen molar-refractivity contribution < 1.29 is 13.2 Å². The second kappa shape index (κ2) is 5.65. The molecule has 1 fully saturated rings. The first kappa shape index (κ1) is 13.3. The minimum Gasteiger partial charge on any atom is -0.348 e. The molecule has 18 heavy (non-hydrogen) atoms. The van der Waals surface area contributed by atoms with Gasteiger partial charge in [0.25, 0.3) is 0 Å². The third-order valence-electron chi connectivity index (χ3n) is 2.47. The third kappa shape index (κ3) is 3.95. The molecule has 1 amide bonds. The lowest BCUT2D eigenvalue weighted by Gasteiger charge is -2.06. The topological polar surface area (TPSA) is 118 Å². The largest absolute Gasteiger partial charge is 0.348 e. The van der Waals surface area contributed by atoms with E-state index in [2.05, 4.69) is 25.9 Å². The molecule has 1 aliphatic rings. The maximum absolute atomic E-state index is 11.5. The summed E-state index contributed by atoms with van der Waals surface area (Å²) in [6.07, 6.45) is 0.630. The molecule has 0 saturated carbocycles. The van der Waals surface area contributed by atoms with Gasteiger partial charge >= 0.3 is 0 Å². The van der Waals surface area contributed by atoms with Crippen molar-refractivity contribution in [3.05, 3.63) is 5.82 Å². The number of hydrogen-bond acceptors (Lipinski definition) is 7. The number of amides is 1. The summed E-state index contributed by atoms with van der Waals surface area (Å²) in [5.41, 5.74) is 0. The van der Waals surface area contributed by atoms with Crippen molar-refractivity contribution >= 4 is 27.5 Å². The molecule has 1 aromatic rings. The summed E-state index contributed by atoms with van der Waals surface area (Å²) < 4.78 is 22.5. The van der Waals surface area contributed by atoms with Crippen LogP contribution in [0.15, 0.2) is 0 Å². The molecule has 2 rings (SSSR count). The fourth-order valence-corrected chi connectivity index (χ4v) is 5.05. The zero-order valence-corrected chi connectivity index (χ0v) is 11.1.